The van der Waals surface area contributed by atoms with Crippen molar-refractivity contribution in [2.75, 3.05) is 0 Å². The van der Waals surface area contributed by atoms with Crippen LogP contribution < -0.4 is 0 Å². The minimum absolute atomic E-state index is 0.341. The molecule has 3 nitrogen and oxygen atoms in total. The van der Waals surface area contributed by atoms with Gasteiger partial charge < -0.3 is 5.11 Å². The lowest BCUT2D eigenvalue weighted by Crippen LogP contribution is -2.00. The lowest BCUT2D eigenvalue weighted by atomic mass is 10.0. The van der Waals surface area contributed by atoms with Gasteiger partial charge in [0.05, 0.1) is 11.1 Å². The Bertz CT molecular complexity index is 547. The fourth-order valence-electron chi connectivity index (χ4n) is 1.68. The molecule has 0 saturated carbocycles. The van der Waals surface area contributed by atoms with E-state index in [1.807, 2.05) is 26.0 Å². The molecule has 0 fully saturated rings. The molecule has 0 spiro atoms. The number of pyridine rings is 1. The molecule has 15 heavy (non-hydrogen) atoms. The Labute approximate surface area is 87.4 Å². The first-order valence-corrected chi connectivity index (χ1v) is 4.70. The molecule has 0 aliphatic rings. The number of fused-ring (bicyclic) bond motifs is 1. The molecule has 1 N–H and O–H groups in total. The first kappa shape index (κ1) is 9.65. The fraction of sp³-hybridized carbons (Fsp3) is 0.167. The van der Waals surface area contributed by atoms with Crippen molar-refractivity contribution in [2.24, 2.45) is 0 Å². The third-order valence-electron chi connectivity index (χ3n) is 2.51. The smallest absolute Gasteiger partial charge is 0.335 e. The second kappa shape index (κ2) is 3.35. The zero-order valence-corrected chi connectivity index (χ0v) is 8.61. The Hall–Kier alpha value is -1.90. The summed E-state index contributed by atoms with van der Waals surface area (Å²) >= 11 is 0. The topological polar surface area (TPSA) is 50.2 Å². The Kier molecular flexibility index (Phi) is 2.15. The molecule has 0 amide bonds. The van der Waals surface area contributed by atoms with Gasteiger partial charge in [0.1, 0.15) is 0 Å². The molecule has 1 aromatic heterocycles. The Morgan fingerprint density at radius 2 is 1.93 bits per heavy atom. The van der Waals surface area contributed by atoms with Gasteiger partial charge in [0.15, 0.2) is 0 Å². The second-order valence-electron chi connectivity index (χ2n) is 3.56. The molecule has 3 heteroatoms. The van der Waals surface area contributed by atoms with Crippen molar-refractivity contribution in [1.29, 1.82) is 0 Å². The highest BCUT2D eigenvalue weighted by Gasteiger charge is 2.09. The van der Waals surface area contributed by atoms with Crippen LogP contribution in [0.1, 0.15) is 21.6 Å². The zero-order chi connectivity index (χ0) is 11.0. The van der Waals surface area contributed by atoms with E-state index >= 15 is 0 Å². The summed E-state index contributed by atoms with van der Waals surface area (Å²) < 4.78 is 0. The van der Waals surface area contributed by atoms with E-state index in [0.29, 0.717) is 5.56 Å². The van der Waals surface area contributed by atoms with Crippen LogP contribution in [0.15, 0.2) is 24.3 Å². The molecular formula is C12H11NO2. The van der Waals surface area contributed by atoms with Crippen LogP contribution in [0.2, 0.25) is 0 Å². The highest BCUT2D eigenvalue weighted by Crippen LogP contribution is 2.20. The minimum atomic E-state index is -0.894. The van der Waals surface area contributed by atoms with Crippen LogP contribution in [-0.2, 0) is 0 Å². The van der Waals surface area contributed by atoms with Crippen LogP contribution in [-0.4, -0.2) is 16.1 Å². The number of nitrogens with zero attached hydrogens (tertiary/aromatic N) is 1. The van der Waals surface area contributed by atoms with Gasteiger partial charge >= 0.3 is 5.97 Å². The lowest BCUT2D eigenvalue weighted by molar-refractivity contribution is 0.0696. The highest BCUT2D eigenvalue weighted by molar-refractivity contribution is 5.96. The molecule has 0 bridgehead atoms. The van der Waals surface area contributed by atoms with Crippen molar-refractivity contribution in [2.45, 2.75) is 13.8 Å². The predicted molar refractivity (Wildman–Crippen MR) is 58.2 cm³/mol. The van der Waals surface area contributed by atoms with Crippen molar-refractivity contribution in [3.8, 4) is 0 Å². The molecule has 1 aromatic carbocycles. The van der Waals surface area contributed by atoms with Gasteiger partial charge in [0, 0.05) is 11.1 Å². The molecule has 2 aromatic rings. The van der Waals surface area contributed by atoms with Crippen LogP contribution >= 0.6 is 0 Å². The largest absolute Gasteiger partial charge is 0.478 e. The third-order valence-corrected chi connectivity index (χ3v) is 2.51. The summed E-state index contributed by atoms with van der Waals surface area (Å²) in [6.07, 6.45) is 0. The average molecular weight is 201 g/mol. The molecular weight excluding hydrogens is 190 g/mol. The summed E-state index contributed by atoms with van der Waals surface area (Å²) in [4.78, 5) is 15.3. The summed E-state index contributed by atoms with van der Waals surface area (Å²) in [5, 5.41) is 9.86. The monoisotopic (exact) mass is 201 g/mol. The summed E-state index contributed by atoms with van der Waals surface area (Å²) in [5.41, 5.74) is 2.89. The first-order chi connectivity index (χ1) is 7.09. The maximum Gasteiger partial charge on any atom is 0.335 e. The van der Waals surface area contributed by atoms with Gasteiger partial charge in [-0.1, -0.05) is 6.07 Å². The molecule has 0 atom stereocenters. The number of carbonyl (C=O) groups is 1. The van der Waals surface area contributed by atoms with Crippen molar-refractivity contribution < 1.29 is 9.90 Å². The van der Waals surface area contributed by atoms with E-state index in [2.05, 4.69) is 4.98 Å². The van der Waals surface area contributed by atoms with E-state index in [4.69, 9.17) is 5.11 Å². The van der Waals surface area contributed by atoms with Gasteiger partial charge in [-0.05, 0) is 37.6 Å². The van der Waals surface area contributed by atoms with E-state index < -0.39 is 5.97 Å². The molecule has 1 heterocycles. The van der Waals surface area contributed by atoms with Crippen LogP contribution in [0.25, 0.3) is 10.9 Å². The van der Waals surface area contributed by atoms with Gasteiger partial charge in [-0.3, -0.25) is 4.98 Å². The van der Waals surface area contributed by atoms with Gasteiger partial charge in [0.25, 0.3) is 0 Å². The average Bonchev–Trinajstić information content (AvgIpc) is 2.17. The predicted octanol–water partition coefficient (Wildman–Crippen LogP) is 2.55. The van der Waals surface area contributed by atoms with E-state index in [1.54, 1.807) is 12.1 Å². The Balaban J connectivity index is 2.80. The third kappa shape index (κ3) is 1.56. The summed E-state index contributed by atoms with van der Waals surface area (Å²) in [5.74, 6) is -0.894. The number of aromatic nitrogens is 1. The molecule has 0 aliphatic carbocycles. The maximum atomic E-state index is 10.9. The number of rotatable bonds is 1. The van der Waals surface area contributed by atoms with Gasteiger partial charge in [-0.25, -0.2) is 4.79 Å². The van der Waals surface area contributed by atoms with Crippen LogP contribution in [0, 0.1) is 13.8 Å². The number of hydrogen-bond acceptors (Lipinski definition) is 2. The van der Waals surface area contributed by atoms with Crippen LogP contribution in [0.3, 0.4) is 0 Å². The Morgan fingerprint density at radius 3 is 2.60 bits per heavy atom. The normalized spacial score (nSPS) is 10.5. The van der Waals surface area contributed by atoms with Gasteiger partial charge in [-0.2, -0.15) is 0 Å². The number of carboxylic acid groups (broad SMARTS) is 1. The van der Waals surface area contributed by atoms with Crippen molar-refractivity contribution in [3.05, 3.63) is 41.1 Å². The maximum absolute atomic E-state index is 10.9. The first-order valence-electron chi connectivity index (χ1n) is 4.70. The van der Waals surface area contributed by atoms with E-state index in [-0.39, 0.29) is 0 Å². The van der Waals surface area contributed by atoms with E-state index in [9.17, 15) is 4.79 Å². The SMILES string of the molecule is Cc1ccc2c(C)c(C(=O)O)ccc2n1. The number of aromatic carboxylic acids is 1. The van der Waals surface area contributed by atoms with Crippen molar-refractivity contribution >= 4 is 16.9 Å². The number of hydrogen-bond donors (Lipinski definition) is 1. The molecule has 76 valence electrons. The van der Waals surface area contributed by atoms with Crippen molar-refractivity contribution in [1.82, 2.24) is 4.98 Å². The van der Waals surface area contributed by atoms with Crippen molar-refractivity contribution in [3.63, 3.8) is 0 Å². The standard InChI is InChI=1S/C12H11NO2/c1-7-3-4-9-8(2)10(12(14)15)5-6-11(9)13-7/h3-6H,1-2H3,(H,14,15). The van der Waals surface area contributed by atoms with E-state index in [1.165, 1.54) is 0 Å². The van der Waals surface area contributed by atoms with Crippen LogP contribution in [0.4, 0.5) is 0 Å². The molecule has 2 rings (SSSR count). The molecule has 0 unspecified atom stereocenters. The second-order valence-corrected chi connectivity index (χ2v) is 3.56. The minimum Gasteiger partial charge on any atom is -0.478 e. The summed E-state index contributed by atoms with van der Waals surface area (Å²) in [6.45, 7) is 3.72. The zero-order valence-electron chi connectivity index (χ0n) is 8.61. The lowest BCUT2D eigenvalue weighted by Gasteiger charge is -2.05. The summed E-state index contributed by atoms with van der Waals surface area (Å²) in [6, 6.07) is 7.16. The van der Waals surface area contributed by atoms with E-state index in [0.717, 1.165) is 22.2 Å². The quantitative estimate of drug-likeness (QED) is 0.771. The fourth-order valence-corrected chi connectivity index (χ4v) is 1.68. The molecule has 0 aliphatic heterocycles. The van der Waals surface area contributed by atoms with Gasteiger partial charge in [-0.15, -0.1) is 0 Å². The highest BCUT2D eigenvalue weighted by atomic mass is 16.4. The number of carboxylic acids is 1. The number of aryl methyl sites for hydroxylation is 2. The Morgan fingerprint density at radius 1 is 1.20 bits per heavy atom. The van der Waals surface area contributed by atoms with Crippen LogP contribution in [0.5, 0.6) is 0 Å². The summed E-state index contributed by atoms with van der Waals surface area (Å²) in [7, 11) is 0. The number of benzene rings is 1. The molecule has 0 saturated heterocycles. The van der Waals surface area contributed by atoms with Gasteiger partial charge in [0.2, 0.25) is 0 Å². The molecule has 0 radical (unpaired) electrons.